The van der Waals surface area contributed by atoms with E-state index in [1.807, 2.05) is 35.2 Å². The third-order valence-electron chi connectivity index (χ3n) is 5.25. The molecule has 0 radical (unpaired) electrons. The highest BCUT2D eigenvalue weighted by Crippen LogP contribution is 2.40. The number of piperidine rings is 1. The van der Waals surface area contributed by atoms with E-state index in [0.717, 1.165) is 57.7 Å². The van der Waals surface area contributed by atoms with Crippen LogP contribution >= 0.6 is 0 Å². The van der Waals surface area contributed by atoms with Gasteiger partial charge >= 0.3 is 6.09 Å². The van der Waals surface area contributed by atoms with E-state index < -0.39 is 0 Å². The molecule has 0 unspecified atom stereocenters. The lowest BCUT2D eigenvalue weighted by Crippen LogP contribution is -2.44. The average Bonchev–Trinajstić information content (AvgIpc) is 2.97. The molecule has 5 heteroatoms. The van der Waals surface area contributed by atoms with Crippen LogP contribution in [0, 0.1) is 5.41 Å². The standard InChI is InChI=1S/C18H27N3O2/c19-9-13-20-10-6-18(15-20)7-11-21(12-8-18)17(22)23-14-16-4-2-1-3-5-16/h1-5H,6-15,19H2. The molecule has 2 fully saturated rings. The number of nitrogens with zero attached hydrogens (tertiary/aromatic N) is 2. The van der Waals surface area contributed by atoms with Gasteiger partial charge in [-0.05, 0) is 36.8 Å². The highest BCUT2D eigenvalue weighted by molar-refractivity contribution is 5.67. The van der Waals surface area contributed by atoms with Gasteiger partial charge in [-0.1, -0.05) is 30.3 Å². The Morgan fingerprint density at radius 1 is 1.13 bits per heavy atom. The van der Waals surface area contributed by atoms with Crippen LogP contribution in [0.1, 0.15) is 24.8 Å². The topological polar surface area (TPSA) is 58.8 Å². The molecular weight excluding hydrogens is 290 g/mol. The van der Waals surface area contributed by atoms with Crippen LogP contribution in [-0.2, 0) is 11.3 Å². The van der Waals surface area contributed by atoms with Gasteiger partial charge in [0.1, 0.15) is 6.61 Å². The lowest BCUT2D eigenvalue weighted by atomic mass is 9.78. The number of likely N-dealkylation sites (tertiary alicyclic amines) is 2. The van der Waals surface area contributed by atoms with Crippen molar-refractivity contribution in [3.05, 3.63) is 35.9 Å². The minimum Gasteiger partial charge on any atom is -0.445 e. The monoisotopic (exact) mass is 317 g/mol. The van der Waals surface area contributed by atoms with Crippen LogP contribution in [-0.4, -0.2) is 55.2 Å². The summed E-state index contributed by atoms with van der Waals surface area (Å²) in [7, 11) is 0. The normalized spacial score (nSPS) is 20.8. The Hall–Kier alpha value is -1.59. The van der Waals surface area contributed by atoms with Gasteiger partial charge in [0.25, 0.3) is 0 Å². The van der Waals surface area contributed by atoms with Crippen LogP contribution in [0.5, 0.6) is 0 Å². The van der Waals surface area contributed by atoms with Gasteiger partial charge in [-0.25, -0.2) is 4.79 Å². The van der Waals surface area contributed by atoms with Gasteiger partial charge in [0.15, 0.2) is 0 Å². The fourth-order valence-corrected chi connectivity index (χ4v) is 3.78. The molecule has 2 aliphatic rings. The van der Waals surface area contributed by atoms with Gasteiger partial charge in [0.2, 0.25) is 0 Å². The van der Waals surface area contributed by atoms with Crippen LogP contribution in [0.3, 0.4) is 0 Å². The Morgan fingerprint density at radius 2 is 1.83 bits per heavy atom. The summed E-state index contributed by atoms with van der Waals surface area (Å²) in [6.07, 6.45) is 3.21. The molecule has 2 saturated heterocycles. The molecule has 2 aliphatic heterocycles. The molecule has 0 atom stereocenters. The Balaban J connectivity index is 1.44. The van der Waals surface area contributed by atoms with E-state index in [1.165, 1.54) is 6.42 Å². The molecule has 0 saturated carbocycles. The summed E-state index contributed by atoms with van der Waals surface area (Å²) in [5.41, 5.74) is 7.08. The van der Waals surface area contributed by atoms with E-state index >= 15 is 0 Å². The molecule has 1 spiro atoms. The third-order valence-corrected chi connectivity index (χ3v) is 5.25. The number of ether oxygens (including phenoxy) is 1. The zero-order valence-corrected chi connectivity index (χ0v) is 13.7. The Bertz CT molecular complexity index is 512. The summed E-state index contributed by atoms with van der Waals surface area (Å²) in [5, 5.41) is 0. The van der Waals surface area contributed by atoms with Crippen LogP contribution < -0.4 is 5.73 Å². The molecule has 126 valence electrons. The predicted molar refractivity (Wildman–Crippen MR) is 90.0 cm³/mol. The second kappa shape index (κ2) is 7.32. The van der Waals surface area contributed by atoms with Crippen molar-refractivity contribution in [3.8, 4) is 0 Å². The molecule has 1 aromatic carbocycles. The van der Waals surface area contributed by atoms with E-state index in [2.05, 4.69) is 4.90 Å². The smallest absolute Gasteiger partial charge is 0.410 e. The molecule has 0 aliphatic carbocycles. The predicted octanol–water partition coefficient (Wildman–Crippen LogP) is 2.07. The summed E-state index contributed by atoms with van der Waals surface area (Å²) in [6.45, 7) is 5.98. The van der Waals surface area contributed by atoms with E-state index in [-0.39, 0.29) is 6.09 Å². The molecule has 2 N–H and O–H groups in total. The molecule has 1 amide bonds. The quantitative estimate of drug-likeness (QED) is 0.923. The van der Waals surface area contributed by atoms with E-state index in [9.17, 15) is 4.79 Å². The van der Waals surface area contributed by atoms with Crippen molar-refractivity contribution in [2.24, 2.45) is 11.1 Å². The van der Waals surface area contributed by atoms with E-state index in [4.69, 9.17) is 10.5 Å². The number of rotatable bonds is 4. The number of benzene rings is 1. The second-order valence-corrected chi connectivity index (χ2v) is 6.84. The second-order valence-electron chi connectivity index (χ2n) is 6.84. The third kappa shape index (κ3) is 4.03. The van der Waals surface area contributed by atoms with Crippen molar-refractivity contribution >= 4 is 6.09 Å². The summed E-state index contributed by atoms with van der Waals surface area (Å²) < 4.78 is 5.44. The van der Waals surface area contributed by atoms with Crippen LogP contribution in [0.15, 0.2) is 30.3 Å². The molecule has 1 aromatic rings. The minimum absolute atomic E-state index is 0.180. The molecule has 0 aromatic heterocycles. The number of carbonyl (C=O) groups is 1. The van der Waals surface area contributed by atoms with Crippen molar-refractivity contribution in [2.75, 3.05) is 39.3 Å². The fraction of sp³-hybridized carbons (Fsp3) is 0.611. The SMILES string of the molecule is NCCN1CCC2(CCN(C(=O)OCc3ccccc3)CC2)C1. The Labute approximate surface area is 138 Å². The number of hydrogen-bond acceptors (Lipinski definition) is 4. The number of hydrogen-bond donors (Lipinski definition) is 1. The summed E-state index contributed by atoms with van der Waals surface area (Å²) in [6, 6.07) is 9.83. The minimum atomic E-state index is -0.180. The maximum atomic E-state index is 12.2. The number of nitrogens with two attached hydrogens (primary N) is 1. The van der Waals surface area contributed by atoms with Crippen molar-refractivity contribution in [1.82, 2.24) is 9.80 Å². The maximum absolute atomic E-state index is 12.2. The van der Waals surface area contributed by atoms with Crippen LogP contribution in [0.25, 0.3) is 0 Å². The van der Waals surface area contributed by atoms with Crippen LogP contribution in [0.4, 0.5) is 4.79 Å². The summed E-state index contributed by atoms with van der Waals surface area (Å²) in [5.74, 6) is 0. The van der Waals surface area contributed by atoms with E-state index in [1.54, 1.807) is 0 Å². The Kier molecular flexibility index (Phi) is 5.18. The first-order chi connectivity index (χ1) is 11.2. The van der Waals surface area contributed by atoms with Gasteiger partial charge < -0.3 is 20.3 Å². The Morgan fingerprint density at radius 3 is 2.52 bits per heavy atom. The molecule has 0 bridgehead atoms. The lowest BCUT2D eigenvalue weighted by Gasteiger charge is -2.38. The maximum Gasteiger partial charge on any atom is 0.410 e. The first-order valence-corrected chi connectivity index (χ1v) is 8.59. The molecule has 5 nitrogen and oxygen atoms in total. The molecular formula is C18H27N3O2. The van der Waals surface area contributed by atoms with Gasteiger partial charge in [-0.15, -0.1) is 0 Å². The first kappa shape index (κ1) is 16.3. The summed E-state index contributed by atoms with van der Waals surface area (Å²) >= 11 is 0. The van der Waals surface area contributed by atoms with Gasteiger partial charge in [0.05, 0.1) is 0 Å². The summed E-state index contributed by atoms with van der Waals surface area (Å²) in [4.78, 5) is 16.5. The number of amides is 1. The van der Waals surface area contributed by atoms with Gasteiger partial charge in [-0.2, -0.15) is 0 Å². The van der Waals surface area contributed by atoms with Crippen molar-refractivity contribution < 1.29 is 9.53 Å². The van der Waals surface area contributed by atoms with Gasteiger partial charge in [0, 0.05) is 32.7 Å². The lowest BCUT2D eigenvalue weighted by molar-refractivity contribution is 0.0633. The van der Waals surface area contributed by atoms with Crippen LogP contribution in [0.2, 0.25) is 0 Å². The average molecular weight is 317 g/mol. The first-order valence-electron chi connectivity index (χ1n) is 8.59. The number of carbonyl (C=O) groups excluding carboxylic acids is 1. The largest absolute Gasteiger partial charge is 0.445 e. The van der Waals surface area contributed by atoms with E-state index in [0.29, 0.717) is 12.0 Å². The highest BCUT2D eigenvalue weighted by atomic mass is 16.6. The van der Waals surface area contributed by atoms with Gasteiger partial charge in [-0.3, -0.25) is 0 Å². The molecule has 3 rings (SSSR count). The van der Waals surface area contributed by atoms with Crippen molar-refractivity contribution in [3.63, 3.8) is 0 Å². The highest BCUT2D eigenvalue weighted by Gasteiger charge is 2.41. The fourth-order valence-electron chi connectivity index (χ4n) is 3.78. The zero-order chi connectivity index (χ0) is 16.1. The molecule has 23 heavy (non-hydrogen) atoms. The zero-order valence-electron chi connectivity index (χ0n) is 13.7. The van der Waals surface area contributed by atoms with Crippen molar-refractivity contribution in [1.29, 1.82) is 0 Å². The van der Waals surface area contributed by atoms with Crippen molar-refractivity contribution in [2.45, 2.75) is 25.9 Å². The molecule has 2 heterocycles.